The normalized spacial score (nSPS) is 14.1. The van der Waals surface area contributed by atoms with Crippen molar-refractivity contribution < 1.29 is 5.11 Å². The van der Waals surface area contributed by atoms with Gasteiger partial charge in [0.25, 0.3) is 0 Å². The van der Waals surface area contributed by atoms with Crippen LogP contribution in [-0.4, -0.2) is 34.3 Å². The van der Waals surface area contributed by atoms with E-state index in [1.54, 1.807) is 11.3 Å². The van der Waals surface area contributed by atoms with Crippen molar-refractivity contribution in [2.75, 3.05) is 24.3 Å². The Bertz CT molecular complexity index is 613. The van der Waals surface area contributed by atoms with Gasteiger partial charge in [-0.15, -0.1) is 11.3 Å². The highest BCUT2D eigenvalue weighted by atomic mass is 32.1. The van der Waals surface area contributed by atoms with E-state index in [1.807, 2.05) is 7.05 Å². The zero-order valence-corrected chi connectivity index (χ0v) is 14.0. The average Bonchev–Trinajstić information content (AvgIpc) is 2.90. The monoisotopic (exact) mass is 308 g/mol. The molecule has 0 aliphatic carbocycles. The van der Waals surface area contributed by atoms with Gasteiger partial charge in [0.2, 0.25) is 5.95 Å². The fourth-order valence-electron chi connectivity index (χ4n) is 2.21. The van der Waals surface area contributed by atoms with Crippen LogP contribution in [-0.2, 0) is 6.42 Å². The number of aliphatic hydroxyl groups excluding tert-OH is 1. The fraction of sp³-hybridized carbons (Fsp3) is 0.600. The summed E-state index contributed by atoms with van der Waals surface area (Å²) in [6.07, 6.45) is 2.60. The topological polar surface area (TPSA) is 70.1 Å². The molecular weight excluding hydrogens is 284 g/mol. The molecular formula is C15H24N4OS. The van der Waals surface area contributed by atoms with Crippen LogP contribution in [0.1, 0.15) is 38.5 Å². The molecule has 3 N–H and O–H groups in total. The smallest absolute Gasteiger partial charge is 0.225 e. The number of aryl methyl sites for hydroxylation is 1. The minimum atomic E-state index is -0.171. The molecule has 0 radical (unpaired) electrons. The van der Waals surface area contributed by atoms with E-state index in [4.69, 9.17) is 0 Å². The zero-order chi connectivity index (χ0) is 15.5. The van der Waals surface area contributed by atoms with Crippen molar-refractivity contribution in [3.05, 3.63) is 10.9 Å². The van der Waals surface area contributed by atoms with E-state index in [2.05, 4.69) is 47.4 Å². The lowest BCUT2D eigenvalue weighted by molar-refractivity contribution is 0.252. The van der Waals surface area contributed by atoms with Crippen LogP contribution in [0.2, 0.25) is 0 Å². The number of fused-ring (bicyclic) bond motifs is 1. The maximum atomic E-state index is 9.28. The number of thiophene rings is 1. The highest BCUT2D eigenvalue weighted by molar-refractivity contribution is 7.18. The van der Waals surface area contributed by atoms with Crippen LogP contribution in [0.5, 0.6) is 0 Å². The maximum Gasteiger partial charge on any atom is 0.225 e. The maximum absolute atomic E-state index is 9.28. The molecule has 116 valence electrons. The summed E-state index contributed by atoms with van der Waals surface area (Å²) < 4.78 is 0. The first-order valence-corrected chi connectivity index (χ1v) is 8.24. The Balaban J connectivity index is 2.47. The van der Waals surface area contributed by atoms with Crippen LogP contribution in [0.25, 0.3) is 10.2 Å². The number of rotatable bonds is 7. The molecule has 2 rings (SSSR count). The molecule has 6 heteroatoms. The standard InChI is InChI=1S/C15H24N4OS/c1-5-10-9-11-12(19-15(3,6-2)7-8-20)17-14(16-4)18-13(11)21-10/h9,20H,5-8H2,1-4H3,(H2,16,17,18,19). The number of aliphatic hydroxyl groups is 1. The SMILES string of the molecule is CCc1cc2c(NC(C)(CC)CCO)nc(NC)nc2s1. The van der Waals surface area contributed by atoms with Gasteiger partial charge in [-0.2, -0.15) is 4.98 Å². The number of hydrogen-bond acceptors (Lipinski definition) is 6. The van der Waals surface area contributed by atoms with Crippen LogP contribution in [0.4, 0.5) is 11.8 Å². The Morgan fingerprint density at radius 1 is 1.33 bits per heavy atom. The molecule has 2 aromatic heterocycles. The van der Waals surface area contributed by atoms with E-state index in [-0.39, 0.29) is 12.1 Å². The minimum Gasteiger partial charge on any atom is -0.396 e. The Hall–Kier alpha value is -1.40. The third-order valence-electron chi connectivity index (χ3n) is 3.88. The van der Waals surface area contributed by atoms with Crippen LogP contribution in [0.15, 0.2) is 6.07 Å². The Kier molecular flexibility index (Phi) is 5.00. The van der Waals surface area contributed by atoms with Gasteiger partial charge in [0.05, 0.1) is 5.39 Å². The van der Waals surface area contributed by atoms with E-state index in [0.717, 1.165) is 28.9 Å². The lowest BCUT2D eigenvalue weighted by Gasteiger charge is -2.30. The molecule has 1 atom stereocenters. The van der Waals surface area contributed by atoms with Gasteiger partial charge < -0.3 is 15.7 Å². The molecule has 21 heavy (non-hydrogen) atoms. The van der Waals surface area contributed by atoms with Crippen molar-refractivity contribution in [2.45, 2.75) is 45.6 Å². The first-order chi connectivity index (χ1) is 10.0. The van der Waals surface area contributed by atoms with Gasteiger partial charge in [-0.05, 0) is 32.3 Å². The van der Waals surface area contributed by atoms with Crippen LogP contribution in [0, 0.1) is 0 Å². The first kappa shape index (κ1) is 16.0. The van der Waals surface area contributed by atoms with E-state index >= 15 is 0 Å². The summed E-state index contributed by atoms with van der Waals surface area (Å²) in [5, 5.41) is 16.9. The van der Waals surface area contributed by atoms with Crippen molar-refractivity contribution in [3.63, 3.8) is 0 Å². The van der Waals surface area contributed by atoms with Gasteiger partial charge >= 0.3 is 0 Å². The molecule has 0 amide bonds. The molecule has 1 unspecified atom stereocenters. The molecule has 5 nitrogen and oxygen atoms in total. The quantitative estimate of drug-likeness (QED) is 0.732. The molecule has 2 heterocycles. The first-order valence-electron chi connectivity index (χ1n) is 7.42. The molecule has 0 fully saturated rings. The highest BCUT2D eigenvalue weighted by Gasteiger charge is 2.23. The lowest BCUT2D eigenvalue weighted by Crippen LogP contribution is -2.35. The number of aromatic nitrogens is 2. The van der Waals surface area contributed by atoms with Crippen molar-refractivity contribution >= 4 is 33.3 Å². The zero-order valence-electron chi connectivity index (χ0n) is 13.2. The molecule has 0 aromatic carbocycles. The van der Waals surface area contributed by atoms with Crippen molar-refractivity contribution in [1.29, 1.82) is 0 Å². The Labute approximate surface area is 129 Å². The summed E-state index contributed by atoms with van der Waals surface area (Å²) in [6.45, 7) is 6.54. The van der Waals surface area contributed by atoms with Crippen molar-refractivity contribution in [1.82, 2.24) is 9.97 Å². The second-order valence-corrected chi connectivity index (χ2v) is 6.56. The van der Waals surface area contributed by atoms with Gasteiger partial charge in [-0.1, -0.05) is 13.8 Å². The largest absolute Gasteiger partial charge is 0.396 e. The predicted molar refractivity (Wildman–Crippen MR) is 90.4 cm³/mol. The van der Waals surface area contributed by atoms with E-state index < -0.39 is 0 Å². The molecule has 0 saturated heterocycles. The van der Waals surface area contributed by atoms with Crippen molar-refractivity contribution in [2.24, 2.45) is 0 Å². The summed E-state index contributed by atoms with van der Waals surface area (Å²) >= 11 is 1.71. The van der Waals surface area contributed by atoms with Crippen LogP contribution in [0.3, 0.4) is 0 Å². The minimum absolute atomic E-state index is 0.161. The van der Waals surface area contributed by atoms with E-state index in [0.29, 0.717) is 12.4 Å². The van der Waals surface area contributed by atoms with Crippen LogP contribution >= 0.6 is 11.3 Å². The number of hydrogen-bond donors (Lipinski definition) is 3. The Morgan fingerprint density at radius 3 is 2.67 bits per heavy atom. The molecule has 0 saturated carbocycles. The summed E-state index contributed by atoms with van der Waals surface area (Å²) in [4.78, 5) is 11.4. The summed E-state index contributed by atoms with van der Waals surface area (Å²) in [5.41, 5.74) is -0.171. The van der Waals surface area contributed by atoms with E-state index in [1.165, 1.54) is 4.88 Å². The summed E-state index contributed by atoms with van der Waals surface area (Å²) in [7, 11) is 1.83. The van der Waals surface area contributed by atoms with Gasteiger partial charge in [-0.3, -0.25) is 0 Å². The predicted octanol–water partition coefficient (Wildman–Crippen LogP) is 3.26. The van der Waals surface area contributed by atoms with E-state index in [9.17, 15) is 5.11 Å². The summed E-state index contributed by atoms with van der Waals surface area (Å²) in [6, 6.07) is 2.16. The molecule has 0 bridgehead atoms. The van der Waals surface area contributed by atoms with Crippen LogP contribution < -0.4 is 10.6 Å². The fourth-order valence-corrected chi connectivity index (χ4v) is 3.18. The number of nitrogens with zero attached hydrogens (tertiary/aromatic N) is 2. The number of nitrogens with one attached hydrogen (secondary N) is 2. The van der Waals surface area contributed by atoms with Gasteiger partial charge in [0.15, 0.2) is 0 Å². The van der Waals surface area contributed by atoms with Crippen molar-refractivity contribution in [3.8, 4) is 0 Å². The average molecular weight is 308 g/mol. The molecule has 2 aromatic rings. The molecule has 0 spiro atoms. The highest BCUT2D eigenvalue weighted by Crippen LogP contribution is 2.32. The van der Waals surface area contributed by atoms with Gasteiger partial charge in [0.1, 0.15) is 10.6 Å². The van der Waals surface area contributed by atoms with Gasteiger partial charge in [-0.25, -0.2) is 4.98 Å². The summed E-state index contributed by atoms with van der Waals surface area (Å²) in [5.74, 6) is 1.47. The number of anilines is 2. The molecule has 0 aliphatic heterocycles. The second kappa shape index (κ2) is 6.58. The van der Waals surface area contributed by atoms with Gasteiger partial charge in [0, 0.05) is 24.1 Å². The molecule has 0 aliphatic rings. The second-order valence-electron chi connectivity index (χ2n) is 5.44. The Morgan fingerprint density at radius 2 is 2.10 bits per heavy atom. The third-order valence-corrected chi connectivity index (χ3v) is 5.05. The third kappa shape index (κ3) is 3.44. The lowest BCUT2D eigenvalue weighted by atomic mass is 9.95.